The SMILES string of the molecule is Cc1ccc(C(C)C)c(OCCCCl)c1. The molecule has 0 aliphatic heterocycles. The maximum Gasteiger partial charge on any atom is 0.122 e. The van der Waals surface area contributed by atoms with Crippen LogP contribution in [0.1, 0.15) is 37.3 Å². The Morgan fingerprint density at radius 1 is 1.33 bits per heavy atom. The van der Waals surface area contributed by atoms with Crippen LogP contribution in [0.15, 0.2) is 18.2 Å². The third-order valence-electron chi connectivity index (χ3n) is 2.33. The number of ether oxygens (including phenoxy) is 1. The van der Waals surface area contributed by atoms with Gasteiger partial charge in [0, 0.05) is 5.88 Å². The Morgan fingerprint density at radius 2 is 2.07 bits per heavy atom. The molecule has 1 aromatic carbocycles. The van der Waals surface area contributed by atoms with Crippen LogP contribution in [0.4, 0.5) is 0 Å². The summed E-state index contributed by atoms with van der Waals surface area (Å²) in [7, 11) is 0. The first-order valence-electron chi connectivity index (χ1n) is 5.44. The van der Waals surface area contributed by atoms with Crippen LogP contribution in [0, 0.1) is 6.92 Å². The van der Waals surface area contributed by atoms with Crippen LogP contribution < -0.4 is 4.74 Å². The Kier molecular flexibility index (Phi) is 4.97. The van der Waals surface area contributed by atoms with Crippen molar-refractivity contribution < 1.29 is 4.74 Å². The van der Waals surface area contributed by atoms with E-state index in [-0.39, 0.29) is 0 Å². The molecule has 0 aliphatic rings. The second-order valence-corrected chi connectivity index (χ2v) is 4.46. The van der Waals surface area contributed by atoms with E-state index in [0.717, 1.165) is 12.2 Å². The number of halogens is 1. The van der Waals surface area contributed by atoms with E-state index in [2.05, 4.69) is 39.0 Å². The van der Waals surface area contributed by atoms with Gasteiger partial charge in [-0.25, -0.2) is 0 Å². The lowest BCUT2D eigenvalue weighted by Crippen LogP contribution is -2.02. The molecule has 0 unspecified atom stereocenters. The number of alkyl halides is 1. The van der Waals surface area contributed by atoms with Crippen LogP contribution in [0.3, 0.4) is 0 Å². The summed E-state index contributed by atoms with van der Waals surface area (Å²) >= 11 is 5.62. The van der Waals surface area contributed by atoms with Gasteiger partial charge in [-0.15, -0.1) is 11.6 Å². The highest BCUT2D eigenvalue weighted by atomic mass is 35.5. The van der Waals surface area contributed by atoms with Crippen molar-refractivity contribution in [1.82, 2.24) is 0 Å². The van der Waals surface area contributed by atoms with Crippen molar-refractivity contribution in [3.8, 4) is 5.75 Å². The van der Waals surface area contributed by atoms with Crippen LogP contribution in [0.5, 0.6) is 5.75 Å². The van der Waals surface area contributed by atoms with Crippen molar-refractivity contribution in [2.45, 2.75) is 33.1 Å². The Bertz CT molecular complexity index is 307. The third kappa shape index (κ3) is 3.75. The summed E-state index contributed by atoms with van der Waals surface area (Å²) in [4.78, 5) is 0. The molecule has 1 rings (SSSR count). The molecule has 15 heavy (non-hydrogen) atoms. The predicted molar refractivity (Wildman–Crippen MR) is 66.1 cm³/mol. The number of rotatable bonds is 5. The van der Waals surface area contributed by atoms with Crippen molar-refractivity contribution >= 4 is 11.6 Å². The summed E-state index contributed by atoms with van der Waals surface area (Å²) in [5, 5.41) is 0. The van der Waals surface area contributed by atoms with Gasteiger partial charge in [0.25, 0.3) is 0 Å². The van der Waals surface area contributed by atoms with Crippen LogP contribution in [-0.2, 0) is 0 Å². The molecule has 0 amide bonds. The smallest absolute Gasteiger partial charge is 0.122 e. The summed E-state index contributed by atoms with van der Waals surface area (Å²) in [6.45, 7) is 7.14. The maximum absolute atomic E-state index is 5.74. The number of hydrogen-bond donors (Lipinski definition) is 0. The average molecular weight is 227 g/mol. The molecule has 0 N–H and O–H groups in total. The fourth-order valence-electron chi connectivity index (χ4n) is 1.48. The lowest BCUT2D eigenvalue weighted by atomic mass is 10.0. The highest BCUT2D eigenvalue weighted by Gasteiger charge is 2.07. The minimum absolute atomic E-state index is 0.497. The Morgan fingerprint density at radius 3 is 2.67 bits per heavy atom. The van der Waals surface area contributed by atoms with Gasteiger partial charge < -0.3 is 4.74 Å². The molecule has 0 saturated carbocycles. The number of benzene rings is 1. The zero-order valence-corrected chi connectivity index (χ0v) is 10.5. The van der Waals surface area contributed by atoms with Gasteiger partial charge in [-0.3, -0.25) is 0 Å². The van der Waals surface area contributed by atoms with E-state index in [1.807, 2.05) is 0 Å². The van der Waals surface area contributed by atoms with Crippen LogP contribution in [0.2, 0.25) is 0 Å². The van der Waals surface area contributed by atoms with Crippen LogP contribution >= 0.6 is 11.6 Å². The molecular formula is C13H19ClO. The van der Waals surface area contributed by atoms with Gasteiger partial charge in [0.1, 0.15) is 5.75 Å². The van der Waals surface area contributed by atoms with E-state index in [1.165, 1.54) is 11.1 Å². The van der Waals surface area contributed by atoms with Crippen molar-refractivity contribution in [3.63, 3.8) is 0 Å². The van der Waals surface area contributed by atoms with E-state index in [0.29, 0.717) is 18.4 Å². The molecule has 2 heteroatoms. The van der Waals surface area contributed by atoms with E-state index < -0.39 is 0 Å². The minimum Gasteiger partial charge on any atom is -0.493 e. The van der Waals surface area contributed by atoms with Gasteiger partial charge >= 0.3 is 0 Å². The molecule has 0 fully saturated rings. The first kappa shape index (κ1) is 12.4. The summed E-state index contributed by atoms with van der Waals surface area (Å²) in [6.07, 6.45) is 0.896. The summed E-state index contributed by atoms with van der Waals surface area (Å²) in [5.41, 5.74) is 2.51. The third-order valence-corrected chi connectivity index (χ3v) is 2.59. The van der Waals surface area contributed by atoms with Crippen molar-refractivity contribution in [3.05, 3.63) is 29.3 Å². The summed E-state index contributed by atoms with van der Waals surface area (Å²) in [6, 6.07) is 6.38. The monoisotopic (exact) mass is 226 g/mol. The predicted octanol–water partition coefficient (Wildman–Crippen LogP) is 4.13. The maximum atomic E-state index is 5.74. The van der Waals surface area contributed by atoms with E-state index >= 15 is 0 Å². The lowest BCUT2D eigenvalue weighted by Gasteiger charge is -2.14. The Hall–Kier alpha value is -0.690. The second kappa shape index (κ2) is 6.02. The molecule has 0 atom stereocenters. The van der Waals surface area contributed by atoms with Gasteiger partial charge in [-0.1, -0.05) is 26.0 Å². The average Bonchev–Trinajstić information content (AvgIpc) is 2.18. The molecular weight excluding hydrogens is 208 g/mol. The highest BCUT2D eigenvalue weighted by Crippen LogP contribution is 2.27. The van der Waals surface area contributed by atoms with Gasteiger partial charge in [0.05, 0.1) is 6.61 Å². The quantitative estimate of drug-likeness (QED) is 0.542. The molecule has 1 aromatic rings. The number of aryl methyl sites for hydroxylation is 1. The highest BCUT2D eigenvalue weighted by molar-refractivity contribution is 6.17. The fraction of sp³-hybridized carbons (Fsp3) is 0.538. The fourth-order valence-corrected chi connectivity index (χ4v) is 1.59. The standard InChI is InChI=1S/C13H19ClO/c1-10(2)12-6-5-11(3)9-13(12)15-8-4-7-14/h5-6,9-10H,4,7-8H2,1-3H3. The molecule has 0 aliphatic carbocycles. The van der Waals surface area contributed by atoms with Crippen molar-refractivity contribution in [2.24, 2.45) is 0 Å². The summed E-state index contributed by atoms with van der Waals surface area (Å²) < 4.78 is 5.74. The van der Waals surface area contributed by atoms with E-state index in [4.69, 9.17) is 16.3 Å². The second-order valence-electron chi connectivity index (χ2n) is 4.09. The zero-order valence-electron chi connectivity index (χ0n) is 9.72. The molecule has 0 radical (unpaired) electrons. The first-order chi connectivity index (χ1) is 7.15. The zero-order chi connectivity index (χ0) is 11.3. The van der Waals surface area contributed by atoms with Crippen molar-refractivity contribution in [2.75, 3.05) is 12.5 Å². The van der Waals surface area contributed by atoms with Gasteiger partial charge in [-0.2, -0.15) is 0 Å². The number of hydrogen-bond acceptors (Lipinski definition) is 1. The minimum atomic E-state index is 0.497. The van der Waals surface area contributed by atoms with Gasteiger partial charge in [-0.05, 0) is 36.5 Å². The van der Waals surface area contributed by atoms with E-state index in [9.17, 15) is 0 Å². The normalized spacial score (nSPS) is 10.7. The van der Waals surface area contributed by atoms with Crippen LogP contribution in [0.25, 0.3) is 0 Å². The molecule has 0 saturated heterocycles. The van der Waals surface area contributed by atoms with Gasteiger partial charge in [0.15, 0.2) is 0 Å². The Balaban J connectivity index is 2.77. The van der Waals surface area contributed by atoms with Crippen molar-refractivity contribution in [1.29, 1.82) is 0 Å². The Labute approximate surface area is 97.4 Å². The molecule has 0 heterocycles. The van der Waals surface area contributed by atoms with Gasteiger partial charge in [0.2, 0.25) is 0 Å². The first-order valence-corrected chi connectivity index (χ1v) is 5.98. The topological polar surface area (TPSA) is 9.23 Å². The largest absolute Gasteiger partial charge is 0.493 e. The molecule has 84 valence electrons. The molecule has 0 spiro atoms. The summed E-state index contributed by atoms with van der Waals surface area (Å²) in [5.74, 6) is 2.16. The lowest BCUT2D eigenvalue weighted by molar-refractivity contribution is 0.313. The molecule has 0 bridgehead atoms. The van der Waals surface area contributed by atoms with Crippen LogP contribution in [-0.4, -0.2) is 12.5 Å². The van der Waals surface area contributed by atoms with E-state index in [1.54, 1.807) is 0 Å². The molecule has 1 nitrogen and oxygen atoms in total. The molecule has 0 aromatic heterocycles.